The highest BCUT2D eigenvalue weighted by molar-refractivity contribution is 7.07. The molecule has 0 saturated carbocycles. The van der Waals surface area contributed by atoms with Crippen LogP contribution in [0.5, 0.6) is 11.5 Å². The Morgan fingerprint density at radius 1 is 1.30 bits per heavy atom. The molecule has 3 aromatic rings. The van der Waals surface area contributed by atoms with Gasteiger partial charge in [-0.1, -0.05) is 41.1 Å². The third-order valence-electron chi connectivity index (χ3n) is 5.23. The zero-order chi connectivity index (χ0) is 23.7. The fraction of sp³-hybridized carbons (Fsp3) is 0.208. The summed E-state index contributed by atoms with van der Waals surface area (Å²) >= 11 is 7.22. The van der Waals surface area contributed by atoms with Crippen LogP contribution in [-0.4, -0.2) is 29.4 Å². The maximum Gasteiger partial charge on any atom is 0.338 e. The zero-order valence-corrected chi connectivity index (χ0v) is 19.7. The number of rotatable bonds is 5. The second-order valence-corrected chi connectivity index (χ2v) is 8.69. The zero-order valence-electron chi connectivity index (χ0n) is 18.2. The number of halogens is 1. The number of phenols is 1. The number of aromatic nitrogens is 1. The highest BCUT2D eigenvalue weighted by Crippen LogP contribution is 2.35. The number of aromatic hydroxyl groups is 1. The van der Waals surface area contributed by atoms with Crippen LogP contribution >= 0.6 is 22.9 Å². The van der Waals surface area contributed by atoms with Gasteiger partial charge in [0.25, 0.3) is 5.56 Å². The molecule has 0 amide bonds. The Morgan fingerprint density at radius 3 is 2.79 bits per heavy atom. The van der Waals surface area contributed by atoms with E-state index in [0.29, 0.717) is 36.9 Å². The summed E-state index contributed by atoms with van der Waals surface area (Å²) in [5.74, 6) is -0.0209. The van der Waals surface area contributed by atoms with E-state index in [1.165, 1.54) is 17.7 Å². The summed E-state index contributed by atoms with van der Waals surface area (Å²) in [6, 6.07) is 11.0. The van der Waals surface area contributed by atoms with Gasteiger partial charge in [-0.25, -0.2) is 9.79 Å². The molecular formula is C24H21ClN2O5S. The second-order valence-electron chi connectivity index (χ2n) is 7.25. The predicted molar refractivity (Wildman–Crippen MR) is 127 cm³/mol. The van der Waals surface area contributed by atoms with Crippen LogP contribution in [0.15, 0.2) is 63.5 Å². The third-order valence-corrected chi connectivity index (χ3v) is 6.44. The second kappa shape index (κ2) is 9.25. The monoisotopic (exact) mass is 484 g/mol. The lowest BCUT2D eigenvalue weighted by Gasteiger charge is -2.25. The number of methoxy groups -OCH3 is 1. The fourth-order valence-corrected chi connectivity index (χ4v) is 4.98. The number of benzene rings is 2. The average Bonchev–Trinajstić information content (AvgIpc) is 3.10. The number of fused-ring (bicyclic) bond motifs is 1. The Kier molecular flexibility index (Phi) is 6.40. The van der Waals surface area contributed by atoms with Gasteiger partial charge in [0.2, 0.25) is 0 Å². The molecule has 7 nitrogen and oxygen atoms in total. The summed E-state index contributed by atoms with van der Waals surface area (Å²) in [5, 5.41) is 10.6. The molecule has 0 bridgehead atoms. The molecule has 33 heavy (non-hydrogen) atoms. The summed E-state index contributed by atoms with van der Waals surface area (Å²) in [6.45, 7) is 3.62. The fourth-order valence-electron chi connectivity index (χ4n) is 3.76. The lowest BCUT2D eigenvalue weighted by Crippen LogP contribution is -2.40. The lowest BCUT2D eigenvalue weighted by atomic mass is 9.95. The molecule has 1 aliphatic rings. The smallest absolute Gasteiger partial charge is 0.338 e. The number of carbonyl (C=O) groups excluding carboxylic acids is 1. The molecule has 1 unspecified atom stereocenters. The molecule has 9 heteroatoms. The van der Waals surface area contributed by atoms with Crippen molar-refractivity contribution in [1.82, 2.24) is 4.57 Å². The van der Waals surface area contributed by atoms with Gasteiger partial charge in [0.1, 0.15) is 17.5 Å². The summed E-state index contributed by atoms with van der Waals surface area (Å²) in [7, 11) is 1.53. The van der Waals surface area contributed by atoms with Crippen molar-refractivity contribution in [2.24, 2.45) is 4.99 Å². The van der Waals surface area contributed by atoms with E-state index in [1.807, 2.05) is 12.1 Å². The number of ether oxygens (including phenoxy) is 2. The molecule has 1 aromatic heterocycles. The molecule has 1 atom stereocenters. The van der Waals surface area contributed by atoms with Crippen LogP contribution in [0.3, 0.4) is 0 Å². The topological polar surface area (TPSA) is 90.1 Å². The summed E-state index contributed by atoms with van der Waals surface area (Å²) in [5.41, 5.74) is 1.41. The third kappa shape index (κ3) is 4.19. The summed E-state index contributed by atoms with van der Waals surface area (Å²) < 4.78 is 12.6. The number of para-hydroxylation sites is 1. The van der Waals surface area contributed by atoms with Crippen molar-refractivity contribution in [3.05, 3.63) is 89.6 Å². The van der Waals surface area contributed by atoms with Gasteiger partial charge < -0.3 is 14.6 Å². The van der Waals surface area contributed by atoms with E-state index in [-0.39, 0.29) is 23.5 Å². The number of hydrogen-bond donors (Lipinski definition) is 1. The van der Waals surface area contributed by atoms with Crippen molar-refractivity contribution in [3.8, 4) is 11.5 Å². The van der Waals surface area contributed by atoms with Crippen LogP contribution in [0.1, 0.15) is 31.0 Å². The van der Waals surface area contributed by atoms with Crippen molar-refractivity contribution < 1.29 is 19.4 Å². The van der Waals surface area contributed by atoms with Crippen LogP contribution in [0.25, 0.3) is 6.08 Å². The first kappa shape index (κ1) is 22.8. The van der Waals surface area contributed by atoms with Crippen molar-refractivity contribution in [3.63, 3.8) is 0 Å². The van der Waals surface area contributed by atoms with Gasteiger partial charge in [-0.2, -0.15) is 0 Å². The molecule has 0 saturated heterocycles. The van der Waals surface area contributed by atoms with E-state index in [9.17, 15) is 14.7 Å². The largest absolute Gasteiger partial charge is 0.507 e. The van der Waals surface area contributed by atoms with E-state index >= 15 is 0 Å². The molecule has 0 aliphatic carbocycles. The highest BCUT2D eigenvalue weighted by Gasteiger charge is 2.34. The average molecular weight is 485 g/mol. The van der Waals surface area contributed by atoms with E-state index in [1.54, 1.807) is 44.2 Å². The van der Waals surface area contributed by atoms with Gasteiger partial charge in [-0.3, -0.25) is 9.36 Å². The van der Waals surface area contributed by atoms with Crippen LogP contribution in [0.4, 0.5) is 0 Å². The normalized spacial score (nSPS) is 15.8. The van der Waals surface area contributed by atoms with Gasteiger partial charge in [-0.15, -0.1) is 0 Å². The van der Waals surface area contributed by atoms with Gasteiger partial charge >= 0.3 is 5.97 Å². The van der Waals surface area contributed by atoms with Crippen LogP contribution in [0.2, 0.25) is 5.02 Å². The molecule has 2 aromatic carbocycles. The number of nitrogens with zero attached hydrogens (tertiary/aromatic N) is 2. The number of carbonyl (C=O) groups is 1. The minimum absolute atomic E-state index is 0.00472. The molecule has 170 valence electrons. The maximum absolute atomic E-state index is 13.6. The number of hydrogen-bond acceptors (Lipinski definition) is 7. The SMILES string of the molecule is CCOC(=O)C1=C(C)N=c2s/c(=C\c3cc(Cl)ccc3O)c(=O)n2C1c1ccccc1OC. The van der Waals surface area contributed by atoms with Gasteiger partial charge in [-0.05, 0) is 44.2 Å². The Hall–Kier alpha value is -3.36. The van der Waals surface area contributed by atoms with Gasteiger partial charge in [0.15, 0.2) is 4.80 Å². The van der Waals surface area contributed by atoms with E-state index < -0.39 is 12.0 Å². The Bertz CT molecular complexity index is 1450. The van der Waals surface area contributed by atoms with Crippen LogP contribution < -0.4 is 19.6 Å². The molecule has 0 fully saturated rings. The minimum atomic E-state index is -0.786. The number of phenolic OH excluding ortho intramolecular Hbond substituents is 1. The Morgan fingerprint density at radius 2 is 2.06 bits per heavy atom. The molecule has 0 radical (unpaired) electrons. The van der Waals surface area contributed by atoms with Crippen molar-refractivity contribution in [1.29, 1.82) is 0 Å². The van der Waals surface area contributed by atoms with Crippen molar-refractivity contribution in [2.75, 3.05) is 13.7 Å². The Labute approximate surface area is 198 Å². The molecule has 0 spiro atoms. The van der Waals surface area contributed by atoms with Crippen molar-refractivity contribution >= 4 is 35.0 Å². The lowest BCUT2D eigenvalue weighted by molar-refractivity contribution is -0.139. The molecule has 1 N–H and O–H groups in total. The summed E-state index contributed by atoms with van der Waals surface area (Å²) in [4.78, 5) is 31.5. The molecule has 2 heterocycles. The van der Waals surface area contributed by atoms with Crippen LogP contribution in [-0.2, 0) is 9.53 Å². The standard InChI is InChI=1S/C24H21ClN2O5S/c1-4-32-23(30)20-13(2)26-24-27(21(20)16-7-5-6-8-18(16)31-3)22(29)19(33-24)12-14-11-15(25)9-10-17(14)28/h5-12,21,28H,4H2,1-3H3/b19-12-. The van der Waals surface area contributed by atoms with Crippen LogP contribution in [0, 0.1) is 0 Å². The molecule has 4 rings (SSSR count). The first-order chi connectivity index (χ1) is 15.8. The highest BCUT2D eigenvalue weighted by atomic mass is 35.5. The molecular weight excluding hydrogens is 464 g/mol. The van der Waals surface area contributed by atoms with E-state index in [0.717, 1.165) is 11.3 Å². The number of allylic oxidation sites excluding steroid dienone is 1. The first-order valence-corrected chi connectivity index (χ1v) is 11.4. The Balaban J connectivity index is 2.01. The number of esters is 1. The van der Waals surface area contributed by atoms with Gasteiger partial charge in [0, 0.05) is 16.1 Å². The number of thiazole rings is 1. The minimum Gasteiger partial charge on any atom is -0.507 e. The molecule has 1 aliphatic heterocycles. The van der Waals surface area contributed by atoms with Crippen molar-refractivity contribution in [2.45, 2.75) is 19.9 Å². The van der Waals surface area contributed by atoms with E-state index in [4.69, 9.17) is 21.1 Å². The summed E-state index contributed by atoms with van der Waals surface area (Å²) in [6.07, 6.45) is 1.56. The van der Waals surface area contributed by atoms with Gasteiger partial charge in [0.05, 0.1) is 29.5 Å². The van der Waals surface area contributed by atoms with E-state index in [2.05, 4.69) is 4.99 Å². The maximum atomic E-state index is 13.6. The predicted octanol–water partition coefficient (Wildman–Crippen LogP) is 3.17. The quantitative estimate of drug-likeness (QED) is 0.562. The first-order valence-electron chi connectivity index (χ1n) is 10.2.